The summed E-state index contributed by atoms with van der Waals surface area (Å²) in [4.78, 5) is 0. The van der Waals surface area contributed by atoms with Crippen molar-refractivity contribution in [2.45, 2.75) is 63.6 Å². The lowest BCUT2D eigenvalue weighted by atomic mass is 9.50. The quantitative estimate of drug-likeness (QED) is 0.531. The first-order chi connectivity index (χ1) is 11.4. The fraction of sp³-hybridized carbons (Fsp3) is 0.727. The van der Waals surface area contributed by atoms with Gasteiger partial charge >= 0.3 is 0 Å². The van der Waals surface area contributed by atoms with E-state index >= 15 is 0 Å². The molecule has 8 atom stereocenters. The van der Waals surface area contributed by atoms with Crippen molar-refractivity contribution in [3.63, 3.8) is 0 Å². The zero-order valence-corrected chi connectivity index (χ0v) is 14.5. The Balaban J connectivity index is 1.69. The Morgan fingerprint density at radius 2 is 2.00 bits per heavy atom. The second-order valence-electron chi connectivity index (χ2n) is 8.84. The van der Waals surface area contributed by atoms with E-state index in [0.29, 0.717) is 23.7 Å². The highest BCUT2D eigenvalue weighted by Gasteiger charge is 2.62. The van der Waals surface area contributed by atoms with Gasteiger partial charge in [-0.1, -0.05) is 24.5 Å². The molecule has 4 rings (SSSR count). The summed E-state index contributed by atoms with van der Waals surface area (Å²) in [5.41, 5.74) is 0.293. The molecule has 4 unspecified atom stereocenters. The molecule has 24 heavy (non-hydrogen) atoms. The number of allylic oxidation sites excluding steroid dienone is 1. The predicted molar refractivity (Wildman–Crippen MR) is 94.6 cm³/mol. The summed E-state index contributed by atoms with van der Waals surface area (Å²) >= 11 is 0. The lowest BCUT2D eigenvalue weighted by Crippen LogP contribution is -2.52. The summed E-state index contributed by atoms with van der Waals surface area (Å²) < 4.78 is 0. The van der Waals surface area contributed by atoms with Gasteiger partial charge in [0.2, 0.25) is 0 Å². The number of hydrogen-bond acceptors (Lipinski definition) is 2. The van der Waals surface area contributed by atoms with Crippen molar-refractivity contribution in [1.82, 2.24) is 0 Å². The van der Waals surface area contributed by atoms with Crippen molar-refractivity contribution in [3.8, 4) is 24.7 Å². The van der Waals surface area contributed by atoms with Gasteiger partial charge in [0.05, 0.1) is 6.10 Å². The molecule has 3 fully saturated rings. The monoisotopic (exact) mass is 324 g/mol. The van der Waals surface area contributed by atoms with Crippen molar-refractivity contribution in [2.24, 2.45) is 35.0 Å². The molecule has 128 valence electrons. The fourth-order valence-electron chi connectivity index (χ4n) is 6.80. The molecule has 2 N–H and O–H groups in total. The summed E-state index contributed by atoms with van der Waals surface area (Å²) in [5.74, 6) is 7.96. The van der Waals surface area contributed by atoms with Gasteiger partial charge in [-0.2, -0.15) is 0 Å². The molecule has 2 nitrogen and oxygen atoms in total. The van der Waals surface area contributed by atoms with Crippen LogP contribution >= 0.6 is 0 Å². The van der Waals surface area contributed by atoms with E-state index in [0.717, 1.165) is 44.9 Å². The van der Waals surface area contributed by atoms with E-state index in [-0.39, 0.29) is 17.4 Å². The molecule has 0 bridgehead atoms. The van der Waals surface area contributed by atoms with Crippen LogP contribution in [0.5, 0.6) is 0 Å². The average molecular weight is 324 g/mol. The van der Waals surface area contributed by atoms with Crippen LogP contribution in [0, 0.1) is 59.7 Å². The summed E-state index contributed by atoms with van der Waals surface area (Å²) in [7, 11) is 0. The van der Waals surface area contributed by atoms with Gasteiger partial charge in [-0.25, -0.2) is 0 Å². The summed E-state index contributed by atoms with van der Waals surface area (Å²) in [6.07, 6.45) is 20.1. The number of aliphatic hydroxyl groups excluding tert-OH is 1. The average Bonchev–Trinajstić information content (AvgIpc) is 2.85. The van der Waals surface area contributed by atoms with Gasteiger partial charge in [-0.3, -0.25) is 0 Å². The first-order valence-corrected chi connectivity index (χ1v) is 9.47. The number of hydrogen-bond donors (Lipinski definition) is 2. The lowest BCUT2D eigenvalue weighted by molar-refractivity contribution is -0.0856. The molecule has 4 aliphatic rings. The van der Waals surface area contributed by atoms with Gasteiger partial charge in [-0.15, -0.1) is 18.8 Å². The van der Waals surface area contributed by atoms with Gasteiger partial charge in [-0.05, 0) is 68.6 Å². The van der Waals surface area contributed by atoms with E-state index in [2.05, 4.69) is 24.8 Å². The van der Waals surface area contributed by atoms with Crippen molar-refractivity contribution >= 4 is 0 Å². The Bertz CT molecular complexity index is 650. The van der Waals surface area contributed by atoms with Crippen LogP contribution in [0.1, 0.15) is 51.9 Å². The van der Waals surface area contributed by atoms with Crippen LogP contribution in [0.15, 0.2) is 11.6 Å². The minimum atomic E-state index is -0.944. The van der Waals surface area contributed by atoms with Crippen LogP contribution in [0.4, 0.5) is 0 Å². The number of rotatable bonds is 0. The van der Waals surface area contributed by atoms with Gasteiger partial charge < -0.3 is 10.2 Å². The summed E-state index contributed by atoms with van der Waals surface area (Å²) in [6, 6.07) is 0. The molecule has 2 heteroatoms. The summed E-state index contributed by atoms with van der Waals surface area (Å²) in [6.45, 7) is 2.21. The highest BCUT2D eigenvalue weighted by atomic mass is 16.3. The Kier molecular flexibility index (Phi) is 3.65. The van der Waals surface area contributed by atoms with Crippen molar-refractivity contribution < 1.29 is 10.2 Å². The van der Waals surface area contributed by atoms with Crippen LogP contribution in [0.3, 0.4) is 0 Å². The number of terminal acetylenes is 2. The molecule has 0 amide bonds. The first-order valence-electron chi connectivity index (χ1n) is 9.47. The van der Waals surface area contributed by atoms with Crippen LogP contribution < -0.4 is 0 Å². The standard InChI is InChI=1S/C22H28O2/c1-4-14-12-16(23)13-15-6-7-17-18(20(14)15)8-10-21(3)19(17)9-11-22(21,24)5-2/h1-2,6,14,16-20,23-24H,7-13H2,3H3/t14-,16+,17?,18?,19?,20?,21+,22+/m1/s1. The van der Waals surface area contributed by atoms with E-state index in [1.165, 1.54) is 5.57 Å². The minimum absolute atomic E-state index is 0.157. The van der Waals surface area contributed by atoms with Crippen LogP contribution in [0.25, 0.3) is 0 Å². The van der Waals surface area contributed by atoms with E-state index in [9.17, 15) is 10.2 Å². The number of fused-ring (bicyclic) bond motifs is 5. The van der Waals surface area contributed by atoms with Gasteiger partial charge in [0.25, 0.3) is 0 Å². The Morgan fingerprint density at radius 3 is 2.71 bits per heavy atom. The Hall–Kier alpha value is -1.22. The maximum absolute atomic E-state index is 11.0. The van der Waals surface area contributed by atoms with Gasteiger partial charge in [0.15, 0.2) is 0 Å². The fourth-order valence-corrected chi connectivity index (χ4v) is 6.80. The second-order valence-corrected chi connectivity index (χ2v) is 8.84. The normalized spacial score (nSPS) is 53.0. The maximum Gasteiger partial charge on any atom is 0.130 e. The third-order valence-electron chi connectivity index (χ3n) is 8.07. The summed E-state index contributed by atoms with van der Waals surface area (Å²) in [5, 5.41) is 21.1. The van der Waals surface area contributed by atoms with Gasteiger partial charge in [0, 0.05) is 11.3 Å². The molecule has 3 saturated carbocycles. The zero-order valence-electron chi connectivity index (χ0n) is 14.5. The molecule has 0 aromatic carbocycles. The Morgan fingerprint density at radius 1 is 1.21 bits per heavy atom. The van der Waals surface area contributed by atoms with Crippen LogP contribution in [-0.4, -0.2) is 21.9 Å². The molecule has 0 spiro atoms. The largest absolute Gasteiger partial charge is 0.393 e. The van der Waals surface area contributed by atoms with Gasteiger partial charge in [0.1, 0.15) is 5.60 Å². The topological polar surface area (TPSA) is 40.5 Å². The SMILES string of the molecule is C#C[C@@H]1C[C@H](O)CC2=CCC3C(CC[C@@]4(C)C3CC[C@@]4(O)C#C)C21. The lowest BCUT2D eigenvalue weighted by Gasteiger charge is -2.55. The maximum atomic E-state index is 11.0. The number of aliphatic hydroxyl groups is 2. The highest BCUT2D eigenvalue weighted by Crippen LogP contribution is 2.64. The zero-order chi connectivity index (χ0) is 17.1. The van der Waals surface area contributed by atoms with Crippen molar-refractivity contribution in [1.29, 1.82) is 0 Å². The third kappa shape index (κ3) is 2.00. The van der Waals surface area contributed by atoms with Crippen LogP contribution in [0.2, 0.25) is 0 Å². The van der Waals surface area contributed by atoms with Crippen LogP contribution in [-0.2, 0) is 0 Å². The Labute approximate surface area is 145 Å². The van der Waals surface area contributed by atoms with E-state index in [4.69, 9.17) is 12.8 Å². The second kappa shape index (κ2) is 5.39. The molecule has 0 saturated heterocycles. The molecule has 4 aliphatic carbocycles. The smallest absolute Gasteiger partial charge is 0.130 e. The van der Waals surface area contributed by atoms with E-state index in [1.54, 1.807) is 0 Å². The third-order valence-corrected chi connectivity index (χ3v) is 8.07. The molecule has 0 aliphatic heterocycles. The molecule has 0 aromatic rings. The highest BCUT2D eigenvalue weighted by molar-refractivity contribution is 5.28. The molecule has 0 aromatic heterocycles. The molecule has 0 radical (unpaired) electrons. The molecular weight excluding hydrogens is 296 g/mol. The molecular formula is C22H28O2. The van der Waals surface area contributed by atoms with E-state index in [1.807, 2.05) is 0 Å². The van der Waals surface area contributed by atoms with Crippen molar-refractivity contribution in [2.75, 3.05) is 0 Å². The predicted octanol–water partition coefficient (Wildman–Crippen LogP) is 3.14. The van der Waals surface area contributed by atoms with E-state index < -0.39 is 5.60 Å². The molecule has 0 heterocycles. The van der Waals surface area contributed by atoms with Crippen molar-refractivity contribution in [3.05, 3.63) is 11.6 Å². The first kappa shape index (κ1) is 16.3. The minimum Gasteiger partial charge on any atom is -0.393 e.